The Bertz CT molecular complexity index is 1060. The second-order valence-corrected chi connectivity index (χ2v) is 10.1. The molecular weight excluding hydrogens is 444 g/mol. The summed E-state index contributed by atoms with van der Waals surface area (Å²) in [5.74, 6) is -1.01. The number of hydrogen-bond acceptors (Lipinski definition) is 4. The highest BCUT2D eigenvalue weighted by atomic mass is 16.5. The normalized spacial score (nSPS) is 18.5. The highest BCUT2D eigenvalue weighted by molar-refractivity contribution is 5.81. The van der Waals surface area contributed by atoms with Gasteiger partial charge in [0.2, 0.25) is 5.91 Å². The zero-order valence-corrected chi connectivity index (χ0v) is 19.7. The number of carboxylic acids is 1. The monoisotopic (exact) mass is 476 g/mol. The summed E-state index contributed by atoms with van der Waals surface area (Å²) in [6.07, 6.45) is 4.26. The van der Waals surface area contributed by atoms with Gasteiger partial charge in [-0.15, -0.1) is 0 Å². The molecule has 2 amide bonds. The van der Waals surface area contributed by atoms with Crippen LogP contribution >= 0.6 is 0 Å². The summed E-state index contributed by atoms with van der Waals surface area (Å²) in [5.41, 5.74) is 4.64. The minimum absolute atomic E-state index is 0.0193. The van der Waals surface area contributed by atoms with E-state index >= 15 is 0 Å². The highest BCUT2D eigenvalue weighted by Crippen LogP contribution is 2.44. The van der Waals surface area contributed by atoms with Gasteiger partial charge in [-0.25, -0.2) is 4.79 Å². The van der Waals surface area contributed by atoms with E-state index < -0.39 is 12.1 Å². The number of hydrogen-bond donors (Lipinski definition) is 3. The quantitative estimate of drug-likeness (QED) is 0.474. The lowest BCUT2D eigenvalue weighted by Gasteiger charge is -2.34. The molecule has 0 bridgehead atoms. The molecule has 2 unspecified atom stereocenters. The average molecular weight is 477 g/mol. The van der Waals surface area contributed by atoms with Crippen LogP contribution in [0.3, 0.4) is 0 Å². The Labute approximate surface area is 205 Å². The molecule has 7 nitrogen and oxygen atoms in total. The summed E-state index contributed by atoms with van der Waals surface area (Å²) in [6, 6.07) is 16.0. The van der Waals surface area contributed by atoms with Crippen LogP contribution < -0.4 is 10.6 Å². The Balaban J connectivity index is 1.18. The molecule has 5 rings (SSSR count). The predicted molar refractivity (Wildman–Crippen MR) is 131 cm³/mol. The van der Waals surface area contributed by atoms with Crippen molar-refractivity contribution >= 4 is 18.0 Å². The van der Waals surface area contributed by atoms with Gasteiger partial charge in [-0.05, 0) is 59.8 Å². The van der Waals surface area contributed by atoms with Crippen molar-refractivity contribution in [3.63, 3.8) is 0 Å². The standard InChI is InChI=1S/C28H32N2O5/c31-26(32)14-25(18-12-13-18)30-27(33)23(17-6-5-7-17)15-29-28(34)35-16-24-21-10-3-1-8-19(21)20-9-2-4-11-22(20)24/h1-4,8-11,17-18,23-25H,5-7,12-16H2,(H,29,34)(H,30,33)(H,31,32). The first-order valence-electron chi connectivity index (χ1n) is 12.6. The van der Waals surface area contributed by atoms with E-state index in [0.29, 0.717) is 0 Å². The Hall–Kier alpha value is -3.35. The van der Waals surface area contributed by atoms with Crippen molar-refractivity contribution in [2.75, 3.05) is 13.2 Å². The average Bonchev–Trinajstić information content (AvgIpc) is 3.61. The third kappa shape index (κ3) is 5.19. The summed E-state index contributed by atoms with van der Waals surface area (Å²) in [4.78, 5) is 36.9. The van der Waals surface area contributed by atoms with Crippen LogP contribution in [0.5, 0.6) is 0 Å². The zero-order valence-electron chi connectivity index (χ0n) is 19.7. The van der Waals surface area contributed by atoms with Crippen molar-refractivity contribution in [3.05, 3.63) is 59.7 Å². The Morgan fingerprint density at radius 3 is 2.09 bits per heavy atom. The van der Waals surface area contributed by atoms with Crippen LogP contribution in [0.4, 0.5) is 4.79 Å². The number of carboxylic acid groups (broad SMARTS) is 1. The van der Waals surface area contributed by atoms with Gasteiger partial charge in [-0.1, -0.05) is 55.0 Å². The van der Waals surface area contributed by atoms with E-state index in [2.05, 4.69) is 34.9 Å². The topological polar surface area (TPSA) is 105 Å². The van der Waals surface area contributed by atoms with Crippen molar-refractivity contribution in [3.8, 4) is 11.1 Å². The Morgan fingerprint density at radius 1 is 0.914 bits per heavy atom. The van der Waals surface area contributed by atoms with E-state index in [4.69, 9.17) is 4.74 Å². The van der Waals surface area contributed by atoms with Crippen molar-refractivity contribution in [2.45, 2.75) is 50.5 Å². The van der Waals surface area contributed by atoms with Crippen LogP contribution in [0.25, 0.3) is 11.1 Å². The molecule has 7 heteroatoms. The fraction of sp³-hybridized carbons (Fsp3) is 0.464. The highest BCUT2D eigenvalue weighted by Gasteiger charge is 2.38. The smallest absolute Gasteiger partial charge is 0.407 e. The Kier molecular flexibility index (Phi) is 6.75. The second kappa shape index (κ2) is 10.1. The van der Waals surface area contributed by atoms with Crippen LogP contribution in [0, 0.1) is 17.8 Å². The minimum atomic E-state index is -0.904. The van der Waals surface area contributed by atoms with Crippen LogP contribution in [-0.2, 0) is 14.3 Å². The minimum Gasteiger partial charge on any atom is -0.481 e. The van der Waals surface area contributed by atoms with E-state index in [9.17, 15) is 19.5 Å². The molecule has 3 aliphatic rings. The molecule has 0 radical (unpaired) electrons. The molecule has 3 aliphatic carbocycles. The van der Waals surface area contributed by atoms with Crippen LogP contribution in [0.2, 0.25) is 0 Å². The number of benzene rings is 2. The van der Waals surface area contributed by atoms with E-state index in [1.165, 1.54) is 11.1 Å². The number of carbonyl (C=O) groups is 3. The molecule has 2 saturated carbocycles. The van der Waals surface area contributed by atoms with Gasteiger partial charge in [0.25, 0.3) is 0 Å². The molecule has 2 fully saturated rings. The first kappa shape index (κ1) is 23.4. The van der Waals surface area contributed by atoms with Crippen LogP contribution in [0.1, 0.15) is 55.6 Å². The van der Waals surface area contributed by atoms with Gasteiger partial charge in [0, 0.05) is 18.5 Å². The summed E-state index contributed by atoms with van der Waals surface area (Å²) in [6.45, 7) is 0.417. The van der Waals surface area contributed by atoms with E-state index in [1.54, 1.807) is 0 Å². The maximum Gasteiger partial charge on any atom is 0.407 e. The molecule has 0 heterocycles. The van der Waals surface area contributed by atoms with Crippen molar-refractivity contribution in [1.29, 1.82) is 0 Å². The Morgan fingerprint density at radius 2 is 1.54 bits per heavy atom. The molecule has 0 aliphatic heterocycles. The number of aliphatic carboxylic acids is 1. The number of nitrogens with one attached hydrogen (secondary N) is 2. The molecular formula is C28H32N2O5. The van der Waals surface area contributed by atoms with Crippen molar-refractivity contribution in [2.24, 2.45) is 17.8 Å². The van der Waals surface area contributed by atoms with Gasteiger partial charge in [0.15, 0.2) is 0 Å². The molecule has 2 aromatic rings. The zero-order chi connectivity index (χ0) is 24.4. The molecule has 0 spiro atoms. The molecule has 3 N–H and O–H groups in total. The van der Waals surface area contributed by atoms with Gasteiger partial charge < -0.3 is 20.5 Å². The lowest BCUT2D eigenvalue weighted by Crippen LogP contribution is -2.48. The van der Waals surface area contributed by atoms with Gasteiger partial charge in [-0.3, -0.25) is 9.59 Å². The van der Waals surface area contributed by atoms with E-state index in [0.717, 1.165) is 43.2 Å². The third-order valence-corrected chi connectivity index (χ3v) is 7.78. The molecule has 184 valence electrons. The lowest BCUT2D eigenvalue weighted by atomic mass is 9.75. The van der Waals surface area contributed by atoms with Gasteiger partial charge in [-0.2, -0.15) is 0 Å². The molecule has 0 aromatic heterocycles. The number of carbonyl (C=O) groups excluding carboxylic acids is 2. The molecule has 2 atom stereocenters. The maximum atomic E-state index is 13.1. The van der Waals surface area contributed by atoms with Gasteiger partial charge >= 0.3 is 12.1 Å². The summed E-state index contributed by atoms with van der Waals surface area (Å²) < 4.78 is 5.62. The maximum absolute atomic E-state index is 13.1. The number of amides is 2. The van der Waals surface area contributed by atoms with Gasteiger partial charge in [0.1, 0.15) is 6.61 Å². The fourth-order valence-corrected chi connectivity index (χ4v) is 5.47. The number of fused-ring (bicyclic) bond motifs is 3. The summed E-state index contributed by atoms with van der Waals surface area (Å²) in [7, 11) is 0. The number of rotatable bonds is 10. The first-order valence-corrected chi connectivity index (χ1v) is 12.6. The largest absolute Gasteiger partial charge is 0.481 e. The van der Waals surface area contributed by atoms with Crippen molar-refractivity contribution in [1.82, 2.24) is 10.6 Å². The third-order valence-electron chi connectivity index (χ3n) is 7.78. The predicted octanol–water partition coefficient (Wildman–Crippen LogP) is 4.31. The van der Waals surface area contributed by atoms with E-state index in [-0.39, 0.29) is 55.2 Å². The first-order chi connectivity index (χ1) is 17.0. The second-order valence-electron chi connectivity index (χ2n) is 10.1. The summed E-state index contributed by atoms with van der Waals surface area (Å²) in [5, 5.41) is 15.0. The summed E-state index contributed by atoms with van der Waals surface area (Å²) >= 11 is 0. The SMILES string of the molecule is O=C(O)CC(NC(=O)C(CNC(=O)OCC1c2ccccc2-c2ccccc21)C1CCC1)C1CC1. The number of ether oxygens (including phenoxy) is 1. The van der Waals surface area contributed by atoms with Crippen LogP contribution in [0.15, 0.2) is 48.5 Å². The number of alkyl carbamates (subject to hydrolysis) is 1. The van der Waals surface area contributed by atoms with E-state index in [1.807, 2.05) is 24.3 Å². The fourth-order valence-electron chi connectivity index (χ4n) is 5.47. The van der Waals surface area contributed by atoms with Crippen LogP contribution in [-0.4, -0.2) is 42.3 Å². The van der Waals surface area contributed by atoms with Crippen molar-refractivity contribution < 1.29 is 24.2 Å². The van der Waals surface area contributed by atoms with Gasteiger partial charge in [0.05, 0.1) is 12.3 Å². The lowest BCUT2D eigenvalue weighted by molar-refractivity contribution is -0.138. The molecule has 2 aromatic carbocycles. The molecule has 0 saturated heterocycles. The molecule has 35 heavy (non-hydrogen) atoms.